The first-order valence-corrected chi connectivity index (χ1v) is 9.39. The number of fused-ring (bicyclic) bond motifs is 1. The Kier molecular flexibility index (Phi) is 4.74. The van der Waals surface area contributed by atoms with Crippen LogP contribution in [0.2, 0.25) is 0 Å². The van der Waals surface area contributed by atoms with Crippen LogP contribution in [0.5, 0.6) is 0 Å². The molecular weight excluding hydrogens is 324 g/mol. The number of hydrogen-bond acceptors (Lipinski definition) is 2. The summed E-state index contributed by atoms with van der Waals surface area (Å²) in [5, 5.41) is 0. The van der Waals surface area contributed by atoms with Crippen molar-refractivity contribution in [1.82, 2.24) is 9.80 Å². The van der Waals surface area contributed by atoms with E-state index in [9.17, 15) is 9.59 Å². The van der Waals surface area contributed by atoms with Crippen LogP contribution in [0.15, 0.2) is 54.6 Å². The molecule has 0 atom stereocenters. The zero-order valence-electron chi connectivity index (χ0n) is 14.9. The van der Waals surface area contributed by atoms with Crippen molar-refractivity contribution in [3.05, 3.63) is 71.3 Å². The fourth-order valence-corrected chi connectivity index (χ4v) is 4.04. The lowest BCUT2D eigenvalue weighted by atomic mass is 9.90. The second-order valence-electron chi connectivity index (χ2n) is 7.33. The van der Waals surface area contributed by atoms with Crippen LogP contribution < -0.4 is 0 Å². The molecule has 134 valence electrons. The van der Waals surface area contributed by atoms with Crippen LogP contribution in [0.4, 0.5) is 0 Å². The molecule has 2 amide bonds. The van der Waals surface area contributed by atoms with Crippen molar-refractivity contribution >= 4 is 11.8 Å². The van der Waals surface area contributed by atoms with E-state index >= 15 is 0 Å². The molecule has 0 spiro atoms. The zero-order chi connectivity index (χ0) is 17.9. The Balaban J connectivity index is 1.29. The summed E-state index contributed by atoms with van der Waals surface area (Å²) in [5.74, 6) is 0.691. The summed E-state index contributed by atoms with van der Waals surface area (Å²) < 4.78 is 0. The third kappa shape index (κ3) is 3.50. The molecule has 0 N–H and O–H groups in total. The number of likely N-dealkylation sites (tertiary alicyclic amines) is 1. The topological polar surface area (TPSA) is 40.6 Å². The minimum Gasteiger partial charge on any atom is -0.341 e. The van der Waals surface area contributed by atoms with Crippen LogP contribution in [0.1, 0.15) is 34.3 Å². The summed E-state index contributed by atoms with van der Waals surface area (Å²) in [5.41, 5.74) is 3.13. The van der Waals surface area contributed by atoms with E-state index in [-0.39, 0.29) is 18.4 Å². The maximum atomic E-state index is 12.6. The largest absolute Gasteiger partial charge is 0.341 e. The van der Waals surface area contributed by atoms with Crippen LogP contribution in [0.25, 0.3) is 0 Å². The molecule has 2 aromatic rings. The van der Waals surface area contributed by atoms with E-state index in [0.29, 0.717) is 12.5 Å². The summed E-state index contributed by atoms with van der Waals surface area (Å²) >= 11 is 0. The van der Waals surface area contributed by atoms with Crippen LogP contribution in [-0.2, 0) is 17.8 Å². The fraction of sp³-hybridized carbons (Fsp3) is 0.364. The maximum Gasteiger partial charge on any atom is 0.254 e. The maximum absolute atomic E-state index is 12.6. The predicted octanol–water partition coefficient (Wildman–Crippen LogP) is 3.12. The Morgan fingerprint density at radius 2 is 1.65 bits per heavy atom. The summed E-state index contributed by atoms with van der Waals surface area (Å²) in [6, 6.07) is 18.2. The van der Waals surface area contributed by atoms with E-state index in [1.165, 1.54) is 5.56 Å². The molecule has 0 radical (unpaired) electrons. The monoisotopic (exact) mass is 348 g/mol. The first-order valence-electron chi connectivity index (χ1n) is 9.39. The first-order chi connectivity index (χ1) is 12.7. The average Bonchev–Trinajstić information content (AvgIpc) is 2.99. The van der Waals surface area contributed by atoms with Crippen LogP contribution in [-0.4, -0.2) is 41.2 Å². The van der Waals surface area contributed by atoms with Gasteiger partial charge in [-0.3, -0.25) is 9.59 Å². The lowest BCUT2D eigenvalue weighted by molar-refractivity contribution is -0.133. The lowest BCUT2D eigenvalue weighted by Crippen LogP contribution is -2.44. The highest BCUT2D eigenvalue weighted by atomic mass is 16.2. The fourth-order valence-electron chi connectivity index (χ4n) is 4.04. The van der Waals surface area contributed by atoms with Crippen molar-refractivity contribution in [1.29, 1.82) is 0 Å². The van der Waals surface area contributed by atoms with E-state index < -0.39 is 0 Å². The molecule has 0 bridgehead atoms. The quantitative estimate of drug-likeness (QED) is 0.852. The van der Waals surface area contributed by atoms with E-state index in [2.05, 4.69) is 24.3 Å². The highest BCUT2D eigenvalue weighted by Crippen LogP contribution is 2.24. The minimum absolute atomic E-state index is 0.0205. The van der Waals surface area contributed by atoms with Crippen molar-refractivity contribution < 1.29 is 9.59 Å². The smallest absolute Gasteiger partial charge is 0.254 e. The van der Waals surface area contributed by atoms with Gasteiger partial charge < -0.3 is 9.80 Å². The van der Waals surface area contributed by atoms with Gasteiger partial charge in [-0.15, -0.1) is 0 Å². The molecule has 4 nitrogen and oxygen atoms in total. The molecule has 4 heteroatoms. The van der Waals surface area contributed by atoms with Crippen molar-refractivity contribution in [3.63, 3.8) is 0 Å². The summed E-state index contributed by atoms with van der Waals surface area (Å²) in [6.45, 7) is 2.33. The Morgan fingerprint density at radius 1 is 0.962 bits per heavy atom. The summed E-state index contributed by atoms with van der Waals surface area (Å²) in [7, 11) is 0. The van der Waals surface area contributed by atoms with Gasteiger partial charge in [-0.05, 0) is 42.4 Å². The van der Waals surface area contributed by atoms with Gasteiger partial charge in [0.25, 0.3) is 5.91 Å². The second kappa shape index (κ2) is 7.32. The van der Waals surface area contributed by atoms with Gasteiger partial charge >= 0.3 is 0 Å². The number of nitrogens with zero attached hydrogens (tertiary/aromatic N) is 2. The normalized spacial score (nSPS) is 17.5. The minimum atomic E-state index is -0.0205. The highest BCUT2D eigenvalue weighted by Gasteiger charge is 2.30. The van der Waals surface area contributed by atoms with Gasteiger partial charge in [0.15, 0.2) is 0 Å². The van der Waals surface area contributed by atoms with Gasteiger partial charge in [-0.1, -0.05) is 48.5 Å². The molecule has 1 fully saturated rings. The van der Waals surface area contributed by atoms with E-state index in [1.54, 1.807) is 4.90 Å². The molecule has 4 rings (SSSR count). The van der Waals surface area contributed by atoms with Gasteiger partial charge in [-0.25, -0.2) is 0 Å². The third-order valence-electron chi connectivity index (χ3n) is 5.56. The van der Waals surface area contributed by atoms with Crippen molar-refractivity contribution in [2.45, 2.75) is 25.8 Å². The van der Waals surface area contributed by atoms with Crippen molar-refractivity contribution in [2.24, 2.45) is 5.92 Å². The number of hydrogen-bond donors (Lipinski definition) is 0. The van der Waals surface area contributed by atoms with Crippen molar-refractivity contribution in [3.8, 4) is 0 Å². The molecule has 0 saturated carbocycles. The molecule has 2 heterocycles. The van der Waals surface area contributed by atoms with E-state index in [0.717, 1.165) is 43.5 Å². The number of amides is 2. The molecular formula is C22H24N2O2. The molecule has 26 heavy (non-hydrogen) atoms. The van der Waals surface area contributed by atoms with Gasteiger partial charge in [0, 0.05) is 25.2 Å². The standard InChI is InChI=1S/C22H24N2O2/c25-21(16-24-15-19-8-4-5-9-20(19)22(24)26)23-12-10-18(11-13-23)14-17-6-2-1-3-7-17/h1-9,18H,10-16H2. The lowest BCUT2D eigenvalue weighted by Gasteiger charge is -2.33. The molecule has 2 aliphatic rings. The number of carbonyl (C=O) groups is 2. The van der Waals surface area contributed by atoms with Crippen LogP contribution >= 0.6 is 0 Å². The van der Waals surface area contributed by atoms with E-state index in [1.807, 2.05) is 35.2 Å². The van der Waals surface area contributed by atoms with E-state index in [4.69, 9.17) is 0 Å². The molecule has 2 aliphatic heterocycles. The van der Waals surface area contributed by atoms with Gasteiger partial charge in [0.05, 0.1) is 0 Å². The third-order valence-corrected chi connectivity index (χ3v) is 5.56. The Hall–Kier alpha value is -2.62. The highest BCUT2D eigenvalue weighted by molar-refractivity contribution is 6.00. The number of piperidine rings is 1. The Labute approximate surface area is 154 Å². The second-order valence-corrected chi connectivity index (χ2v) is 7.33. The molecule has 0 unspecified atom stereocenters. The SMILES string of the molecule is O=C(CN1Cc2ccccc2C1=O)N1CCC(Cc2ccccc2)CC1. The molecule has 1 saturated heterocycles. The average molecular weight is 348 g/mol. The summed E-state index contributed by atoms with van der Waals surface area (Å²) in [6.07, 6.45) is 3.16. The number of benzene rings is 2. The van der Waals surface area contributed by atoms with Crippen molar-refractivity contribution in [2.75, 3.05) is 19.6 Å². The first kappa shape index (κ1) is 16.8. The number of carbonyl (C=O) groups excluding carboxylic acids is 2. The van der Waals surface area contributed by atoms with Gasteiger partial charge in [0.2, 0.25) is 5.91 Å². The molecule has 2 aromatic carbocycles. The molecule has 0 aromatic heterocycles. The van der Waals surface area contributed by atoms with Crippen LogP contribution in [0.3, 0.4) is 0 Å². The predicted molar refractivity (Wildman–Crippen MR) is 101 cm³/mol. The van der Waals surface area contributed by atoms with Crippen LogP contribution in [0, 0.1) is 5.92 Å². The Bertz CT molecular complexity index is 795. The zero-order valence-corrected chi connectivity index (χ0v) is 14.9. The Morgan fingerprint density at radius 3 is 2.38 bits per heavy atom. The van der Waals surface area contributed by atoms with Gasteiger partial charge in [-0.2, -0.15) is 0 Å². The number of rotatable bonds is 4. The van der Waals surface area contributed by atoms with Gasteiger partial charge in [0.1, 0.15) is 6.54 Å². The molecule has 0 aliphatic carbocycles. The summed E-state index contributed by atoms with van der Waals surface area (Å²) in [4.78, 5) is 28.7.